The summed E-state index contributed by atoms with van der Waals surface area (Å²) in [5.41, 5.74) is 2.50. The molecule has 1 N–H and O–H groups in total. The summed E-state index contributed by atoms with van der Waals surface area (Å²) in [7, 11) is 0. The molecule has 0 unspecified atom stereocenters. The molecule has 3 saturated heterocycles. The molecule has 0 saturated carbocycles. The highest BCUT2D eigenvalue weighted by Gasteiger charge is 2.41. The van der Waals surface area contributed by atoms with Gasteiger partial charge in [-0.1, -0.05) is 6.58 Å². The molecule has 1 aromatic rings. The molecule has 29 heavy (non-hydrogen) atoms. The van der Waals surface area contributed by atoms with Gasteiger partial charge in [0, 0.05) is 69.0 Å². The van der Waals surface area contributed by atoms with Crippen LogP contribution in [0.25, 0.3) is 0 Å². The molecule has 0 spiro atoms. The zero-order chi connectivity index (χ0) is 20.2. The van der Waals surface area contributed by atoms with E-state index in [4.69, 9.17) is 4.74 Å². The van der Waals surface area contributed by atoms with E-state index in [-0.39, 0.29) is 6.03 Å². The Bertz CT molecular complexity index is 706. The van der Waals surface area contributed by atoms with Crippen molar-refractivity contribution in [2.24, 2.45) is 11.8 Å². The third-order valence-corrected chi connectivity index (χ3v) is 6.51. The molecule has 6 nitrogen and oxygen atoms in total. The van der Waals surface area contributed by atoms with Crippen molar-refractivity contribution in [3.8, 4) is 5.75 Å². The maximum Gasteiger partial charge on any atom is 0.317 e. The van der Waals surface area contributed by atoms with Gasteiger partial charge >= 0.3 is 6.03 Å². The van der Waals surface area contributed by atoms with E-state index in [1.807, 2.05) is 24.0 Å². The summed E-state index contributed by atoms with van der Waals surface area (Å²) in [6, 6.07) is 8.48. The van der Waals surface area contributed by atoms with Gasteiger partial charge in [-0.3, -0.25) is 0 Å². The number of nitrogens with zero attached hydrogens (tertiary/aromatic N) is 3. The number of carbonyl (C=O) groups excluding carboxylic acids is 1. The number of anilines is 1. The quantitative estimate of drug-likeness (QED) is 0.717. The molecule has 3 heterocycles. The SMILES string of the molecule is C=C1CCCN1CCCNC(=O)N1C[C@@H]2CN(c3ccc(OCC)cc3)C[C@@H]2C1. The van der Waals surface area contributed by atoms with Crippen molar-refractivity contribution >= 4 is 11.7 Å². The van der Waals surface area contributed by atoms with E-state index in [0.717, 1.165) is 64.4 Å². The maximum absolute atomic E-state index is 12.5. The molecule has 1 aromatic carbocycles. The van der Waals surface area contributed by atoms with E-state index in [9.17, 15) is 4.79 Å². The van der Waals surface area contributed by atoms with Gasteiger partial charge in [-0.15, -0.1) is 0 Å². The summed E-state index contributed by atoms with van der Waals surface area (Å²) in [6.07, 6.45) is 3.32. The summed E-state index contributed by atoms with van der Waals surface area (Å²) in [5, 5.41) is 3.12. The fourth-order valence-electron chi connectivity index (χ4n) is 4.93. The number of hydrogen-bond donors (Lipinski definition) is 1. The van der Waals surface area contributed by atoms with Gasteiger partial charge < -0.3 is 24.8 Å². The lowest BCUT2D eigenvalue weighted by Gasteiger charge is -2.24. The number of amides is 2. The molecule has 3 fully saturated rings. The zero-order valence-electron chi connectivity index (χ0n) is 17.6. The van der Waals surface area contributed by atoms with Gasteiger partial charge in [-0.25, -0.2) is 4.79 Å². The second kappa shape index (κ2) is 8.97. The standard InChI is InChI=1S/C23H34N4O2/c1-3-29-22-9-7-21(8-10-22)26-14-19-16-27(17-20(19)15-26)23(28)24-11-5-13-25-12-4-6-18(25)2/h7-10,19-20H,2-6,11-17H2,1H3,(H,24,28)/t19-,20+. The Morgan fingerprint density at radius 3 is 2.52 bits per heavy atom. The number of hydrogen-bond acceptors (Lipinski definition) is 4. The number of nitrogens with one attached hydrogen (secondary N) is 1. The predicted molar refractivity (Wildman–Crippen MR) is 116 cm³/mol. The highest BCUT2D eigenvalue weighted by atomic mass is 16.5. The highest BCUT2D eigenvalue weighted by Crippen LogP contribution is 2.34. The summed E-state index contributed by atoms with van der Waals surface area (Å²) < 4.78 is 5.54. The van der Waals surface area contributed by atoms with Crippen molar-refractivity contribution in [3.63, 3.8) is 0 Å². The molecule has 0 bridgehead atoms. The fourth-order valence-corrected chi connectivity index (χ4v) is 4.93. The maximum atomic E-state index is 12.5. The molecule has 0 aliphatic carbocycles. The third-order valence-electron chi connectivity index (χ3n) is 6.51. The van der Waals surface area contributed by atoms with E-state index >= 15 is 0 Å². The minimum atomic E-state index is 0.104. The number of allylic oxidation sites excluding steroid dienone is 1. The van der Waals surface area contributed by atoms with Crippen LogP contribution < -0.4 is 15.0 Å². The van der Waals surface area contributed by atoms with Crippen molar-refractivity contribution in [2.45, 2.75) is 26.2 Å². The lowest BCUT2D eigenvalue weighted by molar-refractivity contribution is 0.205. The number of benzene rings is 1. The van der Waals surface area contributed by atoms with Gasteiger partial charge in [-0.05, 0) is 50.5 Å². The van der Waals surface area contributed by atoms with Gasteiger partial charge in [0.05, 0.1) is 6.61 Å². The first-order valence-electron chi connectivity index (χ1n) is 11.1. The Morgan fingerprint density at radius 2 is 1.90 bits per heavy atom. The second-order valence-electron chi connectivity index (χ2n) is 8.50. The first-order chi connectivity index (χ1) is 14.1. The number of fused-ring (bicyclic) bond motifs is 1. The van der Waals surface area contributed by atoms with Crippen molar-refractivity contribution in [3.05, 3.63) is 36.5 Å². The number of rotatable bonds is 7. The van der Waals surface area contributed by atoms with Gasteiger partial charge in [0.2, 0.25) is 0 Å². The average molecular weight is 399 g/mol. The minimum Gasteiger partial charge on any atom is -0.494 e. The van der Waals surface area contributed by atoms with Crippen LogP contribution >= 0.6 is 0 Å². The van der Waals surface area contributed by atoms with Crippen LogP contribution in [0.5, 0.6) is 5.75 Å². The second-order valence-corrected chi connectivity index (χ2v) is 8.50. The van der Waals surface area contributed by atoms with Crippen LogP contribution in [0.3, 0.4) is 0 Å². The summed E-state index contributed by atoms with van der Waals surface area (Å²) >= 11 is 0. The first-order valence-corrected chi connectivity index (χ1v) is 11.1. The Hall–Kier alpha value is -2.37. The van der Waals surface area contributed by atoms with Crippen LogP contribution in [-0.2, 0) is 0 Å². The lowest BCUT2D eigenvalue weighted by Crippen LogP contribution is -2.41. The molecule has 0 aromatic heterocycles. The van der Waals surface area contributed by atoms with E-state index in [0.29, 0.717) is 18.4 Å². The number of urea groups is 1. The lowest BCUT2D eigenvalue weighted by atomic mass is 10.0. The summed E-state index contributed by atoms with van der Waals surface area (Å²) in [4.78, 5) is 19.4. The highest BCUT2D eigenvalue weighted by molar-refractivity contribution is 5.74. The Balaban J connectivity index is 1.18. The van der Waals surface area contributed by atoms with E-state index in [2.05, 4.69) is 33.8 Å². The van der Waals surface area contributed by atoms with E-state index in [1.54, 1.807) is 0 Å². The number of ether oxygens (including phenoxy) is 1. The van der Waals surface area contributed by atoms with Crippen molar-refractivity contribution in [2.75, 3.05) is 57.3 Å². The predicted octanol–water partition coefficient (Wildman–Crippen LogP) is 3.16. The monoisotopic (exact) mass is 398 g/mol. The first kappa shape index (κ1) is 19.9. The average Bonchev–Trinajstić information content (AvgIpc) is 3.41. The van der Waals surface area contributed by atoms with E-state index in [1.165, 1.54) is 17.8 Å². The van der Waals surface area contributed by atoms with Crippen molar-refractivity contribution < 1.29 is 9.53 Å². The molecule has 2 atom stereocenters. The number of carbonyl (C=O) groups is 1. The topological polar surface area (TPSA) is 48.1 Å². The molecule has 158 valence electrons. The van der Waals surface area contributed by atoms with Crippen LogP contribution in [0, 0.1) is 11.8 Å². The normalized spacial score (nSPS) is 23.6. The van der Waals surface area contributed by atoms with Crippen LogP contribution in [0.15, 0.2) is 36.5 Å². The molecule has 6 heteroatoms. The smallest absolute Gasteiger partial charge is 0.317 e. The van der Waals surface area contributed by atoms with Gasteiger partial charge in [0.15, 0.2) is 0 Å². The Kier molecular flexibility index (Phi) is 6.16. The van der Waals surface area contributed by atoms with Crippen LogP contribution in [0.1, 0.15) is 26.2 Å². The Labute approximate surface area is 174 Å². The minimum absolute atomic E-state index is 0.104. The fraction of sp³-hybridized carbons (Fsp3) is 0.609. The Morgan fingerprint density at radius 1 is 1.17 bits per heavy atom. The van der Waals surface area contributed by atoms with Crippen molar-refractivity contribution in [1.29, 1.82) is 0 Å². The van der Waals surface area contributed by atoms with Gasteiger partial charge in [0.1, 0.15) is 5.75 Å². The van der Waals surface area contributed by atoms with Gasteiger partial charge in [0.25, 0.3) is 0 Å². The molecule has 0 radical (unpaired) electrons. The van der Waals surface area contributed by atoms with Crippen LogP contribution in [0.2, 0.25) is 0 Å². The van der Waals surface area contributed by atoms with Crippen LogP contribution in [-0.4, -0.2) is 68.3 Å². The molecule has 3 aliphatic heterocycles. The van der Waals surface area contributed by atoms with Crippen molar-refractivity contribution in [1.82, 2.24) is 15.1 Å². The molecule has 2 amide bonds. The zero-order valence-corrected chi connectivity index (χ0v) is 17.6. The molecule has 4 rings (SSSR count). The molecular weight excluding hydrogens is 364 g/mol. The molecular formula is C23H34N4O2. The number of likely N-dealkylation sites (tertiary alicyclic amines) is 2. The largest absolute Gasteiger partial charge is 0.494 e. The van der Waals surface area contributed by atoms with Crippen LogP contribution in [0.4, 0.5) is 10.5 Å². The molecule has 3 aliphatic rings. The summed E-state index contributed by atoms with van der Waals surface area (Å²) in [5.74, 6) is 2.06. The summed E-state index contributed by atoms with van der Waals surface area (Å²) in [6.45, 7) is 13.5. The van der Waals surface area contributed by atoms with Gasteiger partial charge in [-0.2, -0.15) is 0 Å². The third kappa shape index (κ3) is 4.62. The van der Waals surface area contributed by atoms with E-state index < -0.39 is 0 Å².